The van der Waals surface area contributed by atoms with Gasteiger partial charge in [-0.3, -0.25) is 4.79 Å². The van der Waals surface area contributed by atoms with E-state index < -0.39 is 0 Å². The first kappa shape index (κ1) is 21.8. The zero-order valence-electron chi connectivity index (χ0n) is 19.5. The Morgan fingerprint density at radius 3 is 2.32 bits per heavy atom. The predicted molar refractivity (Wildman–Crippen MR) is 139 cm³/mol. The van der Waals surface area contributed by atoms with Crippen LogP contribution >= 0.6 is 0 Å². The number of carbonyl (C=O) groups excluding carboxylic acids is 1. The van der Waals surface area contributed by atoms with Crippen LogP contribution in [0.1, 0.15) is 47.9 Å². The van der Waals surface area contributed by atoms with E-state index in [-0.39, 0.29) is 11.7 Å². The molecule has 0 fully saturated rings. The van der Waals surface area contributed by atoms with Crippen LogP contribution in [-0.4, -0.2) is 28.8 Å². The Balaban J connectivity index is 1.73. The summed E-state index contributed by atoms with van der Waals surface area (Å²) in [5, 5.41) is 6.83. The molecule has 1 heterocycles. The first-order chi connectivity index (χ1) is 16.7. The minimum absolute atomic E-state index is 0.0736. The number of rotatable bonds is 7. The monoisotopic (exact) mass is 448 g/mol. The molecule has 5 heteroatoms. The highest BCUT2D eigenvalue weighted by molar-refractivity contribution is 6.02. The van der Waals surface area contributed by atoms with Gasteiger partial charge in [-0.2, -0.15) is 0 Å². The first-order valence-electron chi connectivity index (χ1n) is 11.9. The van der Waals surface area contributed by atoms with Crippen molar-refractivity contribution in [2.75, 3.05) is 18.4 Å². The number of anilines is 1. The topological polar surface area (TPSA) is 66.9 Å². The molecule has 0 spiro atoms. The largest absolute Gasteiger partial charge is 0.389 e. The van der Waals surface area contributed by atoms with Crippen LogP contribution in [0.3, 0.4) is 0 Å². The molecule has 0 aliphatic heterocycles. The molecule has 1 atom stereocenters. The van der Waals surface area contributed by atoms with E-state index in [4.69, 9.17) is 9.97 Å². The van der Waals surface area contributed by atoms with Crippen LogP contribution < -0.4 is 10.6 Å². The van der Waals surface area contributed by atoms with E-state index in [1.54, 1.807) is 0 Å². The molecule has 1 unspecified atom stereocenters. The van der Waals surface area contributed by atoms with Crippen LogP contribution in [0.4, 0.5) is 5.69 Å². The third-order valence-electron chi connectivity index (χ3n) is 6.13. The van der Waals surface area contributed by atoms with Gasteiger partial charge in [0.1, 0.15) is 0 Å². The molecule has 1 aromatic heterocycles. The van der Waals surface area contributed by atoms with Crippen LogP contribution in [0.25, 0.3) is 28.2 Å². The zero-order chi connectivity index (χ0) is 23.5. The van der Waals surface area contributed by atoms with Crippen molar-refractivity contribution in [3.05, 3.63) is 95.4 Å². The maximum Gasteiger partial charge on any atom is 0.172 e. The lowest BCUT2D eigenvalue weighted by Gasteiger charge is -2.25. The molecule has 170 valence electrons. The van der Waals surface area contributed by atoms with Crippen LogP contribution in [-0.2, 0) is 0 Å². The highest BCUT2D eigenvalue weighted by atomic mass is 16.1. The third-order valence-corrected chi connectivity index (χ3v) is 6.13. The van der Waals surface area contributed by atoms with Crippen LogP contribution in [0, 0.1) is 0 Å². The van der Waals surface area contributed by atoms with E-state index in [0.29, 0.717) is 12.0 Å². The summed E-state index contributed by atoms with van der Waals surface area (Å²) in [6.45, 7) is 5.74. The second-order valence-electron chi connectivity index (χ2n) is 8.47. The fraction of sp³-hybridized carbons (Fsp3) is 0.207. The summed E-state index contributed by atoms with van der Waals surface area (Å²) in [5.41, 5.74) is 7.95. The van der Waals surface area contributed by atoms with Crippen LogP contribution in [0.2, 0.25) is 0 Å². The first-order valence-corrected chi connectivity index (χ1v) is 11.9. The fourth-order valence-corrected chi connectivity index (χ4v) is 4.60. The molecule has 4 aromatic rings. The number of hydrogen-bond acceptors (Lipinski definition) is 5. The lowest BCUT2D eigenvalue weighted by Crippen LogP contribution is -2.25. The molecule has 0 bridgehead atoms. The quantitative estimate of drug-likeness (QED) is 0.337. The zero-order valence-corrected chi connectivity index (χ0v) is 19.5. The van der Waals surface area contributed by atoms with E-state index in [1.165, 1.54) is 0 Å². The van der Waals surface area contributed by atoms with Gasteiger partial charge in [0.2, 0.25) is 0 Å². The van der Waals surface area contributed by atoms with Gasteiger partial charge in [-0.05, 0) is 37.6 Å². The Morgan fingerprint density at radius 2 is 1.62 bits per heavy atom. The van der Waals surface area contributed by atoms with Gasteiger partial charge in [0.15, 0.2) is 5.78 Å². The number of Topliss-reactive ketones (excluding diaryl/α,β-unsaturated/α-hetero) is 1. The predicted octanol–water partition coefficient (Wildman–Crippen LogP) is 6.05. The van der Waals surface area contributed by atoms with Gasteiger partial charge in [0, 0.05) is 42.0 Å². The van der Waals surface area contributed by atoms with E-state index in [0.717, 1.165) is 58.0 Å². The van der Waals surface area contributed by atoms with Gasteiger partial charge < -0.3 is 10.6 Å². The van der Waals surface area contributed by atoms with Gasteiger partial charge in [-0.1, -0.05) is 60.7 Å². The molecule has 0 amide bonds. The van der Waals surface area contributed by atoms with Gasteiger partial charge in [-0.25, -0.2) is 9.97 Å². The molecule has 0 radical (unpaired) electrons. The number of aromatic nitrogens is 2. The van der Waals surface area contributed by atoms with Crippen molar-refractivity contribution in [2.45, 2.75) is 26.2 Å². The number of fused-ring (bicyclic) bond motifs is 2. The standard InChI is InChI=1S/C29H28N4O/c1-3-30-21-15-23(19-11-7-5-8-12-19)27-25(17-21)32-26-18-22(31-4-2)16-24(28(26)33-27)29(34)20-13-9-6-10-14-20/h5-15,17-18,24,30-31H,3-4,16H2,1-2H3. The SMILES string of the molecule is CCNC1=Cc2nc3cc(NCC)cc(-c4ccccc4)c3nc2C(C(=O)c2ccccc2)C1. The van der Waals surface area contributed by atoms with Crippen molar-refractivity contribution in [3.63, 3.8) is 0 Å². The number of hydrogen-bond donors (Lipinski definition) is 2. The molecule has 34 heavy (non-hydrogen) atoms. The number of benzene rings is 3. The molecule has 1 aliphatic carbocycles. The second-order valence-corrected chi connectivity index (χ2v) is 8.47. The molecular formula is C29H28N4O. The normalized spacial score (nSPS) is 14.9. The minimum atomic E-state index is -0.384. The lowest BCUT2D eigenvalue weighted by atomic mass is 9.85. The molecule has 3 aromatic carbocycles. The fourth-order valence-electron chi connectivity index (χ4n) is 4.60. The van der Waals surface area contributed by atoms with Crippen molar-refractivity contribution in [2.24, 2.45) is 0 Å². The molecule has 0 saturated heterocycles. The molecule has 5 rings (SSSR count). The van der Waals surface area contributed by atoms with E-state index in [9.17, 15) is 4.79 Å². The highest BCUT2D eigenvalue weighted by Crippen LogP contribution is 2.37. The maximum absolute atomic E-state index is 13.6. The maximum atomic E-state index is 13.6. The van der Waals surface area contributed by atoms with Gasteiger partial charge in [-0.15, -0.1) is 0 Å². The van der Waals surface area contributed by atoms with E-state index in [2.05, 4.69) is 42.7 Å². The minimum Gasteiger partial charge on any atom is -0.389 e. The number of carbonyl (C=O) groups is 1. The van der Waals surface area contributed by atoms with Crippen molar-refractivity contribution >= 4 is 28.6 Å². The summed E-state index contributed by atoms with van der Waals surface area (Å²) in [4.78, 5) is 23.8. The molecule has 2 N–H and O–H groups in total. The smallest absolute Gasteiger partial charge is 0.172 e. The summed E-state index contributed by atoms with van der Waals surface area (Å²) < 4.78 is 0. The Bertz CT molecular complexity index is 1360. The Morgan fingerprint density at radius 1 is 0.912 bits per heavy atom. The highest BCUT2D eigenvalue weighted by Gasteiger charge is 2.31. The summed E-state index contributed by atoms with van der Waals surface area (Å²) in [6.07, 6.45) is 2.63. The Labute approximate surface area is 200 Å². The summed E-state index contributed by atoms with van der Waals surface area (Å²) >= 11 is 0. The number of nitrogens with one attached hydrogen (secondary N) is 2. The van der Waals surface area contributed by atoms with Crippen molar-refractivity contribution in [3.8, 4) is 11.1 Å². The number of allylic oxidation sites excluding steroid dienone is 1. The average Bonchev–Trinajstić information content (AvgIpc) is 2.88. The molecular weight excluding hydrogens is 420 g/mol. The molecule has 5 nitrogen and oxygen atoms in total. The number of ketones is 1. The second kappa shape index (κ2) is 9.48. The number of nitrogens with zero attached hydrogens (tertiary/aromatic N) is 2. The van der Waals surface area contributed by atoms with Gasteiger partial charge in [0.05, 0.1) is 28.3 Å². The van der Waals surface area contributed by atoms with E-state index >= 15 is 0 Å². The lowest BCUT2D eigenvalue weighted by molar-refractivity contribution is 0.0955. The van der Waals surface area contributed by atoms with Crippen LogP contribution in [0.15, 0.2) is 78.5 Å². The Kier molecular flexibility index (Phi) is 6.09. The summed E-state index contributed by atoms with van der Waals surface area (Å²) in [7, 11) is 0. The summed E-state index contributed by atoms with van der Waals surface area (Å²) in [6, 6.07) is 23.9. The van der Waals surface area contributed by atoms with Gasteiger partial charge in [0.25, 0.3) is 0 Å². The molecule has 1 aliphatic rings. The Hall–Kier alpha value is -3.99. The van der Waals surface area contributed by atoms with Crippen LogP contribution in [0.5, 0.6) is 0 Å². The van der Waals surface area contributed by atoms with E-state index in [1.807, 2.05) is 60.7 Å². The van der Waals surface area contributed by atoms with Gasteiger partial charge >= 0.3 is 0 Å². The van der Waals surface area contributed by atoms with Crippen molar-refractivity contribution in [1.82, 2.24) is 15.3 Å². The average molecular weight is 449 g/mol. The third kappa shape index (κ3) is 4.17. The summed E-state index contributed by atoms with van der Waals surface area (Å²) in [5.74, 6) is -0.310. The molecule has 0 saturated carbocycles. The van der Waals surface area contributed by atoms with Crippen molar-refractivity contribution in [1.29, 1.82) is 0 Å². The van der Waals surface area contributed by atoms with Crippen molar-refractivity contribution < 1.29 is 4.79 Å².